The van der Waals surface area contributed by atoms with Gasteiger partial charge >= 0.3 is 0 Å². The molecule has 0 unspecified atom stereocenters. The van der Waals surface area contributed by atoms with Crippen molar-refractivity contribution < 1.29 is 19.1 Å². The molecule has 170 valence electrons. The molecule has 0 aliphatic heterocycles. The van der Waals surface area contributed by atoms with Crippen molar-refractivity contribution in [2.45, 2.75) is 43.7 Å². The van der Waals surface area contributed by atoms with E-state index in [1.54, 1.807) is 18.2 Å². The molecule has 3 aliphatic carbocycles. The molecule has 3 fully saturated rings. The van der Waals surface area contributed by atoms with Crippen molar-refractivity contribution in [1.82, 2.24) is 10.6 Å². The van der Waals surface area contributed by atoms with Crippen LogP contribution in [0.1, 0.15) is 30.4 Å². The first-order valence-electron chi connectivity index (χ1n) is 10.6. The lowest BCUT2D eigenvalue weighted by molar-refractivity contribution is -0.152. The topological polar surface area (TPSA) is 76.7 Å². The molecule has 3 aliphatic rings. The van der Waals surface area contributed by atoms with Crippen molar-refractivity contribution in [3.05, 3.63) is 63.6 Å². The summed E-state index contributed by atoms with van der Waals surface area (Å²) in [4.78, 5) is 24.5. The molecule has 2 aromatic carbocycles. The molecule has 0 aromatic heterocycles. The molecule has 0 saturated heterocycles. The Morgan fingerprint density at radius 2 is 1.62 bits per heavy atom. The Kier molecular flexibility index (Phi) is 6.65. The van der Waals surface area contributed by atoms with Crippen LogP contribution >= 0.6 is 23.2 Å². The van der Waals surface area contributed by atoms with E-state index >= 15 is 0 Å². The minimum Gasteiger partial charge on any atom is -0.484 e. The Bertz CT molecular complexity index is 1010. The molecule has 0 atom stereocenters. The first-order valence-corrected chi connectivity index (χ1v) is 11.4. The van der Waals surface area contributed by atoms with Gasteiger partial charge in [0.15, 0.2) is 6.61 Å². The number of amides is 2. The Hall–Kier alpha value is -2.28. The van der Waals surface area contributed by atoms with Crippen LogP contribution in [-0.2, 0) is 20.7 Å². The fourth-order valence-electron chi connectivity index (χ4n) is 4.65. The number of nitrogens with one attached hydrogen (secondary N) is 2. The fraction of sp³-hybridized carbons (Fsp3) is 0.417. The van der Waals surface area contributed by atoms with E-state index in [-0.39, 0.29) is 36.1 Å². The predicted octanol–water partition coefficient (Wildman–Crippen LogP) is 3.85. The van der Waals surface area contributed by atoms with Crippen LogP contribution in [0.2, 0.25) is 10.0 Å². The minimum atomic E-state index is -0.239. The summed E-state index contributed by atoms with van der Waals surface area (Å²) < 4.78 is 11.0. The molecule has 2 bridgehead atoms. The van der Waals surface area contributed by atoms with E-state index in [0.29, 0.717) is 22.4 Å². The molecular weight excluding hydrogens is 451 g/mol. The van der Waals surface area contributed by atoms with Gasteiger partial charge in [0, 0.05) is 17.1 Å². The van der Waals surface area contributed by atoms with E-state index in [0.717, 1.165) is 25.7 Å². The van der Waals surface area contributed by atoms with Crippen LogP contribution in [0.3, 0.4) is 0 Å². The fourth-order valence-corrected chi connectivity index (χ4v) is 4.94. The molecule has 0 radical (unpaired) electrons. The van der Waals surface area contributed by atoms with Gasteiger partial charge in [-0.15, -0.1) is 0 Å². The number of rotatable bonds is 10. The molecule has 2 N–H and O–H groups in total. The Morgan fingerprint density at radius 3 is 2.28 bits per heavy atom. The second-order valence-corrected chi connectivity index (χ2v) is 9.66. The van der Waals surface area contributed by atoms with Crippen LogP contribution in [0.5, 0.6) is 5.75 Å². The number of halogens is 2. The Morgan fingerprint density at radius 1 is 0.938 bits per heavy atom. The average Bonchev–Trinajstić information content (AvgIpc) is 2.70. The average molecular weight is 477 g/mol. The van der Waals surface area contributed by atoms with Gasteiger partial charge in [-0.1, -0.05) is 53.0 Å². The number of benzene rings is 2. The summed E-state index contributed by atoms with van der Waals surface area (Å²) in [6.07, 6.45) is 2.97. The number of carbonyl (C=O) groups is 2. The summed E-state index contributed by atoms with van der Waals surface area (Å²) in [7, 11) is 0. The van der Waals surface area contributed by atoms with Crippen LogP contribution < -0.4 is 15.4 Å². The van der Waals surface area contributed by atoms with Gasteiger partial charge in [-0.05, 0) is 50.3 Å². The van der Waals surface area contributed by atoms with Gasteiger partial charge in [-0.3, -0.25) is 9.59 Å². The quantitative estimate of drug-likeness (QED) is 0.510. The van der Waals surface area contributed by atoms with Crippen molar-refractivity contribution in [3.8, 4) is 5.75 Å². The van der Waals surface area contributed by atoms with Gasteiger partial charge < -0.3 is 20.1 Å². The van der Waals surface area contributed by atoms with Crippen LogP contribution in [0.25, 0.3) is 0 Å². The summed E-state index contributed by atoms with van der Waals surface area (Å²) in [5, 5.41) is 6.89. The predicted molar refractivity (Wildman–Crippen MR) is 123 cm³/mol. The Balaban J connectivity index is 1.11. The van der Waals surface area contributed by atoms with Crippen molar-refractivity contribution >= 4 is 35.0 Å². The van der Waals surface area contributed by atoms with Gasteiger partial charge in [0.05, 0.1) is 16.7 Å². The summed E-state index contributed by atoms with van der Waals surface area (Å²) in [6, 6.07) is 13.1. The Labute approximate surface area is 197 Å². The van der Waals surface area contributed by atoms with Crippen LogP contribution in [0.15, 0.2) is 42.5 Å². The van der Waals surface area contributed by atoms with Gasteiger partial charge in [-0.25, -0.2) is 0 Å². The molecule has 0 spiro atoms. The number of hydrogen-bond donors (Lipinski definition) is 2. The monoisotopic (exact) mass is 476 g/mol. The van der Waals surface area contributed by atoms with E-state index in [9.17, 15) is 9.59 Å². The normalized spacial score (nSPS) is 23.0. The third kappa shape index (κ3) is 5.37. The largest absolute Gasteiger partial charge is 0.484 e. The highest BCUT2D eigenvalue weighted by molar-refractivity contribution is 6.42. The number of hydrogen-bond acceptors (Lipinski definition) is 4. The van der Waals surface area contributed by atoms with Crippen LogP contribution in [-0.4, -0.2) is 42.7 Å². The number of carbonyl (C=O) groups excluding carboxylic acids is 2. The van der Waals surface area contributed by atoms with Crippen molar-refractivity contribution in [3.63, 3.8) is 0 Å². The molecule has 8 heteroatoms. The van der Waals surface area contributed by atoms with Gasteiger partial charge in [0.2, 0.25) is 5.91 Å². The molecule has 32 heavy (non-hydrogen) atoms. The first-order chi connectivity index (χ1) is 15.3. The van der Waals surface area contributed by atoms with Crippen LogP contribution in [0, 0.1) is 6.92 Å². The molecule has 2 aromatic rings. The molecule has 6 nitrogen and oxygen atoms in total. The summed E-state index contributed by atoms with van der Waals surface area (Å²) in [6.45, 7) is 2.50. The second-order valence-electron chi connectivity index (χ2n) is 8.84. The van der Waals surface area contributed by atoms with Crippen molar-refractivity contribution in [1.29, 1.82) is 0 Å². The molecule has 5 rings (SSSR count). The molecule has 0 heterocycles. The van der Waals surface area contributed by atoms with E-state index in [2.05, 4.69) is 35.8 Å². The van der Waals surface area contributed by atoms with Gasteiger partial charge in [-0.2, -0.15) is 0 Å². The standard InChI is InChI=1S/C24H26Cl2N2O4/c1-16-3-2-4-17(9-16)7-8-31-11-21(29)27-23-13-24(14-23,15-23)28-22(30)12-32-18-5-6-19(25)20(26)10-18/h2-6,9-10H,7-8,11-15H2,1H3,(H,27,29)(H,28,30). The third-order valence-electron chi connectivity index (χ3n) is 5.95. The lowest BCUT2D eigenvalue weighted by Gasteiger charge is -2.70. The third-order valence-corrected chi connectivity index (χ3v) is 6.69. The molecule has 3 saturated carbocycles. The van der Waals surface area contributed by atoms with E-state index in [1.807, 2.05) is 6.07 Å². The second kappa shape index (κ2) is 9.30. The van der Waals surface area contributed by atoms with Crippen molar-refractivity contribution in [2.24, 2.45) is 0 Å². The summed E-state index contributed by atoms with van der Waals surface area (Å²) >= 11 is 11.8. The SMILES string of the molecule is Cc1cccc(CCOCC(=O)NC23CC(NC(=O)COc4ccc(Cl)c(Cl)c4)(C2)C3)c1. The zero-order valence-electron chi connectivity index (χ0n) is 17.9. The zero-order chi connectivity index (χ0) is 22.8. The highest BCUT2D eigenvalue weighted by Gasteiger charge is 2.69. The number of aryl methyl sites for hydroxylation is 1. The lowest BCUT2D eigenvalue weighted by atomic mass is 9.44. The maximum Gasteiger partial charge on any atom is 0.258 e. The maximum absolute atomic E-state index is 12.2. The molecular formula is C24H26Cl2N2O4. The maximum atomic E-state index is 12.2. The van der Waals surface area contributed by atoms with Crippen molar-refractivity contribution in [2.75, 3.05) is 19.8 Å². The van der Waals surface area contributed by atoms with E-state index < -0.39 is 0 Å². The summed E-state index contributed by atoms with van der Waals surface area (Å²) in [5.74, 6) is 0.172. The smallest absolute Gasteiger partial charge is 0.258 e. The van der Waals surface area contributed by atoms with Gasteiger partial charge in [0.1, 0.15) is 12.4 Å². The number of ether oxygens (including phenoxy) is 2. The van der Waals surface area contributed by atoms with E-state index in [1.165, 1.54) is 11.1 Å². The molecule has 2 amide bonds. The summed E-state index contributed by atoms with van der Waals surface area (Å²) in [5.41, 5.74) is 1.96. The minimum absolute atomic E-state index is 0.0460. The highest BCUT2D eigenvalue weighted by Crippen LogP contribution is 2.60. The van der Waals surface area contributed by atoms with Crippen LogP contribution in [0.4, 0.5) is 0 Å². The lowest BCUT2D eigenvalue weighted by Crippen LogP contribution is -2.84. The van der Waals surface area contributed by atoms with E-state index in [4.69, 9.17) is 32.7 Å². The zero-order valence-corrected chi connectivity index (χ0v) is 19.4. The van der Waals surface area contributed by atoms with Gasteiger partial charge in [0.25, 0.3) is 5.91 Å². The first kappa shape index (κ1) is 22.9. The highest BCUT2D eigenvalue weighted by atomic mass is 35.5.